The van der Waals surface area contributed by atoms with E-state index in [0.29, 0.717) is 0 Å². The summed E-state index contributed by atoms with van der Waals surface area (Å²) in [6.45, 7) is -0.449. The number of fused-ring (bicyclic) bond motifs is 1. The van der Waals surface area contributed by atoms with Gasteiger partial charge in [-0.1, -0.05) is 0 Å². The minimum Gasteiger partial charge on any atom is -0.394 e. The average molecular weight is 352 g/mol. The van der Waals surface area contributed by atoms with Crippen LogP contribution < -0.4 is 5.56 Å². The molecule has 0 saturated carbocycles. The van der Waals surface area contributed by atoms with Crippen LogP contribution in [0.3, 0.4) is 0 Å². The van der Waals surface area contributed by atoms with Crippen molar-refractivity contribution in [1.82, 2.24) is 24.0 Å². The van der Waals surface area contributed by atoms with Gasteiger partial charge in [0.15, 0.2) is 17.4 Å². The Hall–Kier alpha value is -2.34. The van der Waals surface area contributed by atoms with Crippen LogP contribution in [0.25, 0.3) is 11.2 Å². The maximum atomic E-state index is 12.5. The van der Waals surface area contributed by atoms with Crippen LogP contribution in [-0.4, -0.2) is 84.7 Å². The third kappa shape index (κ3) is 2.91. The molecule has 3 rings (SSSR count). The molecule has 4 atom stereocenters. The molecule has 2 aromatic rings. The molecule has 0 aliphatic carbocycles. The van der Waals surface area contributed by atoms with Gasteiger partial charge in [-0.3, -0.25) is 13.9 Å². The Labute approximate surface area is 142 Å². The molecule has 3 heterocycles. The summed E-state index contributed by atoms with van der Waals surface area (Å²) in [6.07, 6.45) is -1.71. The zero-order valence-corrected chi connectivity index (χ0v) is 14.0. The van der Waals surface area contributed by atoms with Gasteiger partial charge >= 0.3 is 0 Å². The highest BCUT2D eigenvalue weighted by molar-refractivity contribution is 5.71. The fraction of sp³-hybridized carbons (Fsp3) is 0.571. The lowest BCUT2D eigenvalue weighted by Gasteiger charge is -2.16. The second kappa shape index (κ2) is 6.52. The molecule has 3 N–H and O–H groups in total. The van der Waals surface area contributed by atoms with Crippen molar-refractivity contribution in [3.63, 3.8) is 0 Å². The molecule has 0 amide bonds. The van der Waals surface area contributed by atoms with Gasteiger partial charge in [-0.15, -0.1) is 0 Å². The standard InChI is InChI=1S/C14H20N6O5/c1-18(2)5-16-14-17-11-8(12(24)19(14)3)15-6-20(11)13-10(23)9(22)7(4-21)25-13/h5-7,9-10,13,21-23H,4H2,1-3H3/b16-5+/t7-,9+,10?,13-/m1/s1. The SMILES string of the molecule is CN(C)/C=N/c1nc2c(ncn2[C@@H]2O[C@H](CO)[C@H](O)C2O)c(=O)n1C. The Balaban J connectivity index is 2.11. The van der Waals surface area contributed by atoms with E-state index in [1.807, 2.05) is 0 Å². The van der Waals surface area contributed by atoms with Crippen molar-refractivity contribution in [3.05, 3.63) is 16.7 Å². The van der Waals surface area contributed by atoms with Crippen LogP contribution in [0.4, 0.5) is 5.95 Å². The van der Waals surface area contributed by atoms with E-state index >= 15 is 0 Å². The molecule has 0 aromatic carbocycles. The molecule has 0 bridgehead atoms. The molecule has 1 saturated heterocycles. The summed E-state index contributed by atoms with van der Waals surface area (Å²) in [5.74, 6) is 0.152. The van der Waals surface area contributed by atoms with Crippen molar-refractivity contribution < 1.29 is 20.1 Å². The van der Waals surface area contributed by atoms with Crippen LogP contribution in [0.2, 0.25) is 0 Å². The van der Waals surface area contributed by atoms with Gasteiger partial charge in [0.1, 0.15) is 18.3 Å². The second-order valence-electron chi connectivity index (χ2n) is 6.04. The van der Waals surface area contributed by atoms with Crippen LogP contribution in [0, 0.1) is 0 Å². The topological polar surface area (TPSA) is 138 Å². The molecular weight excluding hydrogens is 332 g/mol. The molecule has 0 spiro atoms. The lowest BCUT2D eigenvalue weighted by Crippen LogP contribution is -2.33. The second-order valence-corrected chi connectivity index (χ2v) is 6.04. The lowest BCUT2D eigenvalue weighted by atomic mass is 10.1. The number of ether oxygens (including phenoxy) is 1. The number of hydrogen-bond donors (Lipinski definition) is 3. The van der Waals surface area contributed by atoms with Crippen LogP contribution >= 0.6 is 0 Å². The fourth-order valence-corrected chi connectivity index (χ4v) is 2.61. The number of hydrogen-bond acceptors (Lipinski definition) is 8. The van der Waals surface area contributed by atoms with E-state index in [2.05, 4.69) is 15.0 Å². The molecular formula is C14H20N6O5. The van der Waals surface area contributed by atoms with Gasteiger partial charge in [-0.25, -0.2) is 9.98 Å². The first kappa shape index (κ1) is 17.5. The summed E-state index contributed by atoms with van der Waals surface area (Å²) in [7, 11) is 5.09. The minimum atomic E-state index is -1.30. The highest BCUT2D eigenvalue weighted by Crippen LogP contribution is 2.31. The maximum absolute atomic E-state index is 12.5. The lowest BCUT2D eigenvalue weighted by molar-refractivity contribution is -0.0511. The van der Waals surface area contributed by atoms with E-state index in [1.54, 1.807) is 19.0 Å². The predicted octanol–water partition coefficient (Wildman–Crippen LogP) is -2.04. The first-order chi connectivity index (χ1) is 11.8. The highest BCUT2D eigenvalue weighted by Gasteiger charge is 2.44. The zero-order chi connectivity index (χ0) is 18.3. The first-order valence-electron chi connectivity index (χ1n) is 7.61. The van der Waals surface area contributed by atoms with Gasteiger partial charge in [-0.2, -0.15) is 4.98 Å². The third-order valence-electron chi connectivity index (χ3n) is 3.98. The van der Waals surface area contributed by atoms with Crippen molar-refractivity contribution in [2.45, 2.75) is 24.5 Å². The van der Waals surface area contributed by atoms with E-state index in [1.165, 1.54) is 28.8 Å². The number of aliphatic imine (C=N–C) groups is 1. The van der Waals surface area contributed by atoms with Crippen molar-refractivity contribution in [1.29, 1.82) is 0 Å². The highest BCUT2D eigenvalue weighted by atomic mass is 16.6. The first-order valence-corrected chi connectivity index (χ1v) is 7.61. The van der Waals surface area contributed by atoms with Gasteiger partial charge in [0.05, 0.1) is 19.3 Å². The van der Waals surface area contributed by atoms with Crippen molar-refractivity contribution in [3.8, 4) is 0 Å². The van der Waals surface area contributed by atoms with Gasteiger partial charge in [0.2, 0.25) is 5.95 Å². The summed E-state index contributed by atoms with van der Waals surface area (Å²) in [5.41, 5.74) is -0.144. The van der Waals surface area contributed by atoms with Crippen molar-refractivity contribution in [2.24, 2.45) is 12.0 Å². The smallest absolute Gasteiger partial charge is 0.282 e. The molecule has 0 radical (unpaired) electrons. The Bertz CT molecular complexity index is 859. The van der Waals surface area contributed by atoms with Crippen molar-refractivity contribution in [2.75, 3.05) is 20.7 Å². The van der Waals surface area contributed by atoms with Gasteiger partial charge in [0, 0.05) is 21.1 Å². The van der Waals surface area contributed by atoms with Crippen LogP contribution in [0.15, 0.2) is 16.1 Å². The monoisotopic (exact) mass is 352 g/mol. The summed E-state index contributed by atoms with van der Waals surface area (Å²) in [5, 5.41) is 29.3. The molecule has 136 valence electrons. The Kier molecular flexibility index (Phi) is 4.56. The Morgan fingerprint density at radius 2 is 2.12 bits per heavy atom. The summed E-state index contributed by atoms with van der Waals surface area (Å²) >= 11 is 0. The van der Waals surface area contributed by atoms with E-state index in [0.717, 1.165) is 0 Å². The quantitative estimate of drug-likeness (QED) is 0.423. The zero-order valence-electron chi connectivity index (χ0n) is 14.0. The normalized spacial score (nSPS) is 26.8. The van der Waals surface area contributed by atoms with E-state index in [4.69, 9.17) is 4.74 Å². The molecule has 1 aliphatic rings. The van der Waals surface area contributed by atoms with E-state index < -0.39 is 36.7 Å². The average Bonchev–Trinajstić information content (AvgIpc) is 3.11. The summed E-state index contributed by atoms with van der Waals surface area (Å²) in [6, 6.07) is 0. The van der Waals surface area contributed by atoms with E-state index in [-0.39, 0.29) is 17.1 Å². The van der Waals surface area contributed by atoms with E-state index in [9.17, 15) is 20.1 Å². The fourth-order valence-electron chi connectivity index (χ4n) is 2.61. The Morgan fingerprint density at radius 3 is 2.72 bits per heavy atom. The van der Waals surface area contributed by atoms with Crippen LogP contribution in [0.5, 0.6) is 0 Å². The van der Waals surface area contributed by atoms with Crippen LogP contribution in [-0.2, 0) is 11.8 Å². The number of imidazole rings is 1. The number of aliphatic hydroxyl groups excluding tert-OH is 3. The molecule has 25 heavy (non-hydrogen) atoms. The van der Waals surface area contributed by atoms with Gasteiger partial charge < -0.3 is 25.0 Å². The molecule has 11 heteroatoms. The largest absolute Gasteiger partial charge is 0.394 e. The number of nitrogens with zero attached hydrogens (tertiary/aromatic N) is 6. The number of aromatic nitrogens is 4. The third-order valence-corrected chi connectivity index (χ3v) is 3.98. The number of rotatable bonds is 4. The number of aliphatic hydroxyl groups is 3. The van der Waals surface area contributed by atoms with Crippen molar-refractivity contribution >= 4 is 23.5 Å². The van der Waals surface area contributed by atoms with Gasteiger partial charge in [0.25, 0.3) is 5.56 Å². The van der Waals surface area contributed by atoms with Gasteiger partial charge in [-0.05, 0) is 0 Å². The molecule has 1 unspecified atom stereocenters. The molecule has 11 nitrogen and oxygen atoms in total. The predicted molar refractivity (Wildman–Crippen MR) is 87.6 cm³/mol. The molecule has 2 aromatic heterocycles. The minimum absolute atomic E-state index is 0.0871. The van der Waals surface area contributed by atoms with Crippen LogP contribution in [0.1, 0.15) is 6.23 Å². The Morgan fingerprint density at radius 1 is 1.40 bits per heavy atom. The summed E-state index contributed by atoms with van der Waals surface area (Å²) < 4.78 is 8.09. The molecule has 1 aliphatic heterocycles. The summed E-state index contributed by atoms with van der Waals surface area (Å²) in [4.78, 5) is 26.7. The maximum Gasteiger partial charge on any atom is 0.282 e. The molecule has 1 fully saturated rings.